The summed E-state index contributed by atoms with van der Waals surface area (Å²) in [5.74, 6) is 0.503. The van der Waals surface area contributed by atoms with Crippen molar-refractivity contribution in [2.24, 2.45) is 5.92 Å². The molecule has 3 N–H and O–H groups in total. The zero-order valence-corrected chi connectivity index (χ0v) is 14.2. The molecule has 0 aliphatic heterocycles. The van der Waals surface area contributed by atoms with E-state index in [1.54, 1.807) is 42.5 Å². The summed E-state index contributed by atoms with van der Waals surface area (Å²) in [6.45, 7) is 2.70. The van der Waals surface area contributed by atoms with Crippen LogP contribution in [-0.2, 0) is 6.61 Å². The molecule has 0 fully saturated rings. The lowest BCUT2D eigenvalue weighted by Gasteiger charge is -2.12. The van der Waals surface area contributed by atoms with Gasteiger partial charge in [-0.2, -0.15) is 0 Å². The van der Waals surface area contributed by atoms with Crippen LogP contribution < -0.4 is 15.4 Å². The van der Waals surface area contributed by atoms with Gasteiger partial charge in [0.2, 0.25) is 0 Å². The van der Waals surface area contributed by atoms with Gasteiger partial charge in [0.05, 0.1) is 0 Å². The Kier molecular flexibility index (Phi) is 7.22. The van der Waals surface area contributed by atoms with Crippen LogP contribution in [0.15, 0.2) is 48.5 Å². The van der Waals surface area contributed by atoms with E-state index >= 15 is 0 Å². The van der Waals surface area contributed by atoms with E-state index in [1.165, 1.54) is 6.07 Å². The number of benzene rings is 2. The fourth-order valence-electron chi connectivity index (χ4n) is 2.18. The first-order chi connectivity index (χ1) is 12.1. The van der Waals surface area contributed by atoms with Crippen LogP contribution in [0.1, 0.15) is 18.9 Å². The molecule has 0 aliphatic carbocycles. The molecule has 5 nitrogen and oxygen atoms in total. The summed E-state index contributed by atoms with van der Waals surface area (Å²) >= 11 is 0. The number of aliphatic hydroxyl groups excluding tert-OH is 1. The molecular weight excluding hydrogens is 323 g/mol. The number of urea groups is 1. The summed E-state index contributed by atoms with van der Waals surface area (Å²) in [5, 5.41) is 14.3. The number of carbonyl (C=O) groups excluding carboxylic acids is 1. The Morgan fingerprint density at radius 2 is 1.92 bits per heavy atom. The van der Waals surface area contributed by atoms with Gasteiger partial charge in [-0.3, -0.25) is 0 Å². The maximum absolute atomic E-state index is 13.5. The Morgan fingerprint density at radius 3 is 2.60 bits per heavy atom. The predicted octanol–water partition coefficient (Wildman–Crippen LogP) is 3.54. The standard InChI is InChI=1S/C19H23FN2O3/c1-14(10-11-23)12-21-19(24)22-16-6-8-17(9-7-16)25-13-15-4-2-3-5-18(15)20/h2-9,14,23H,10-13H2,1H3,(H2,21,22,24). The molecule has 2 rings (SSSR count). The summed E-state index contributed by atoms with van der Waals surface area (Å²) in [4.78, 5) is 11.8. The van der Waals surface area contributed by atoms with Gasteiger partial charge >= 0.3 is 6.03 Å². The maximum atomic E-state index is 13.5. The van der Waals surface area contributed by atoms with Crippen molar-refractivity contribution in [1.82, 2.24) is 5.32 Å². The molecule has 6 heteroatoms. The molecule has 134 valence electrons. The quantitative estimate of drug-likeness (QED) is 0.685. The van der Waals surface area contributed by atoms with Crippen molar-refractivity contribution in [2.75, 3.05) is 18.5 Å². The van der Waals surface area contributed by atoms with Gasteiger partial charge in [0.15, 0.2) is 0 Å². The third-order valence-corrected chi connectivity index (χ3v) is 3.70. The Hall–Kier alpha value is -2.60. The fraction of sp³-hybridized carbons (Fsp3) is 0.316. The molecule has 0 heterocycles. The highest BCUT2D eigenvalue weighted by Crippen LogP contribution is 2.18. The van der Waals surface area contributed by atoms with Crippen LogP contribution in [0.25, 0.3) is 0 Å². The van der Waals surface area contributed by atoms with Gasteiger partial charge in [-0.25, -0.2) is 9.18 Å². The molecule has 0 radical (unpaired) electrons. The summed E-state index contributed by atoms with van der Waals surface area (Å²) in [6.07, 6.45) is 0.647. The fourth-order valence-corrected chi connectivity index (χ4v) is 2.18. The number of hydrogen-bond donors (Lipinski definition) is 3. The van der Waals surface area contributed by atoms with E-state index in [4.69, 9.17) is 9.84 Å². The Bertz CT molecular complexity index is 677. The number of aliphatic hydroxyl groups is 1. The number of rotatable bonds is 8. The lowest BCUT2D eigenvalue weighted by molar-refractivity contribution is 0.243. The smallest absolute Gasteiger partial charge is 0.319 e. The number of halogens is 1. The second-order valence-electron chi connectivity index (χ2n) is 5.86. The van der Waals surface area contributed by atoms with Gasteiger partial charge in [0.1, 0.15) is 18.2 Å². The number of amides is 2. The van der Waals surface area contributed by atoms with E-state index in [0.29, 0.717) is 30.0 Å². The molecule has 0 saturated heterocycles. The molecule has 2 amide bonds. The minimum atomic E-state index is -0.301. The SMILES string of the molecule is CC(CCO)CNC(=O)Nc1ccc(OCc2ccccc2F)cc1. The van der Waals surface area contributed by atoms with Crippen molar-refractivity contribution < 1.29 is 19.0 Å². The Balaban J connectivity index is 1.79. The first-order valence-corrected chi connectivity index (χ1v) is 8.20. The van der Waals surface area contributed by atoms with Gasteiger partial charge in [0.25, 0.3) is 0 Å². The van der Waals surface area contributed by atoms with Crippen LogP contribution in [0.2, 0.25) is 0 Å². The van der Waals surface area contributed by atoms with E-state index in [-0.39, 0.29) is 31.0 Å². The third kappa shape index (κ3) is 6.43. The minimum absolute atomic E-state index is 0.110. The van der Waals surface area contributed by atoms with Crippen LogP contribution in [0, 0.1) is 11.7 Å². The lowest BCUT2D eigenvalue weighted by atomic mass is 10.1. The van der Waals surface area contributed by atoms with Crippen LogP contribution in [0.4, 0.5) is 14.9 Å². The van der Waals surface area contributed by atoms with Gasteiger partial charge < -0.3 is 20.5 Å². The summed E-state index contributed by atoms with van der Waals surface area (Å²) in [7, 11) is 0. The molecule has 0 aromatic heterocycles. The first kappa shape index (κ1) is 18.7. The van der Waals surface area contributed by atoms with Crippen LogP contribution in [0.5, 0.6) is 5.75 Å². The summed E-state index contributed by atoms with van der Waals surface area (Å²) in [6, 6.07) is 13.0. The van der Waals surface area contributed by atoms with Crippen molar-refractivity contribution in [3.8, 4) is 5.75 Å². The molecule has 0 saturated carbocycles. The number of ether oxygens (including phenoxy) is 1. The minimum Gasteiger partial charge on any atom is -0.489 e. The van der Waals surface area contributed by atoms with Gasteiger partial charge in [-0.05, 0) is 42.7 Å². The lowest BCUT2D eigenvalue weighted by Crippen LogP contribution is -2.32. The predicted molar refractivity (Wildman–Crippen MR) is 95.1 cm³/mol. The van der Waals surface area contributed by atoms with Gasteiger partial charge in [-0.1, -0.05) is 25.1 Å². The molecule has 2 aromatic rings. The largest absolute Gasteiger partial charge is 0.489 e. The van der Waals surface area contributed by atoms with Crippen molar-refractivity contribution >= 4 is 11.7 Å². The van der Waals surface area contributed by atoms with Gasteiger partial charge in [0, 0.05) is 24.4 Å². The van der Waals surface area contributed by atoms with Crippen molar-refractivity contribution in [2.45, 2.75) is 20.0 Å². The van der Waals surface area contributed by atoms with Crippen molar-refractivity contribution in [1.29, 1.82) is 0 Å². The molecule has 1 unspecified atom stereocenters. The first-order valence-electron chi connectivity index (χ1n) is 8.20. The molecule has 0 bridgehead atoms. The zero-order chi connectivity index (χ0) is 18.1. The molecule has 0 spiro atoms. The average Bonchev–Trinajstić information content (AvgIpc) is 2.61. The zero-order valence-electron chi connectivity index (χ0n) is 14.2. The van der Waals surface area contributed by atoms with Crippen LogP contribution >= 0.6 is 0 Å². The number of anilines is 1. The highest BCUT2D eigenvalue weighted by Gasteiger charge is 2.06. The molecule has 1 atom stereocenters. The topological polar surface area (TPSA) is 70.6 Å². The van der Waals surface area contributed by atoms with E-state index in [9.17, 15) is 9.18 Å². The van der Waals surface area contributed by atoms with Crippen LogP contribution in [-0.4, -0.2) is 24.3 Å². The van der Waals surface area contributed by atoms with Crippen LogP contribution in [0.3, 0.4) is 0 Å². The summed E-state index contributed by atoms with van der Waals surface area (Å²) < 4.78 is 19.1. The van der Waals surface area contributed by atoms with Crippen molar-refractivity contribution in [3.63, 3.8) is 0 Å². The second-order valence-corrected chi connectivity index (χ2v) is 5.86. The normalized spacial score (nSPS) is 11.6. The number of hydrogen-bond acceptors (Lipinski definition) is 3. The van der Waals surface area contributed by atoms with E-state index in [2.05, 4.69) is 10.6 Å². The van der Waals surface area contributed by atoms with Gasteiger partial charge in [-0.15, -0.1) is 0 Å². The molecular formula is C19H23FN2O3. The summed E-state index contributed by atoms with van der Waals surface area (Å²) in [5.41, 5.74) is 1.12. The molecule has 25 heavy (non-hydrogen) atoms. The maximum Gasteiger partial charge on any atom is 0.319 e. The number of carbonyl (C=O) groups is 1. The number of nitrogens with one attached hydrogen (secondary N) is 2. The third-order valence-electron chi connectivity index (χ3n) is 3.70. The molecule has 2 aromatic carbocycles. The Labute approximate surface area is 146 Å². The van der Waals surface area contributed by atoms with Crippen molar-refractivity contribution in [3.05, 3.63) is 59.9 Å². The monoisotopic (exact) mass is 346 g/mol. The second kappa shape index (κ2) is 9.64. The average molecular weight is 346 g/mol. The van der Waals surface area contributed by atoms with E-state index in [1.807, 2.05) is 6.92 Å². The highest BCUT2D eigenvalue weighted by molar-refractivity contribution is 5.89. The Morgan fingerprint density at radius 1 is 1.20 bits per heavy atom. The van der Waals surface area contributed by atoms with E-state index in [0.717, 1.165) is 0 Å². The van der Waals surface area contributed by atoms with E-state index < -0.39 is 0 Å². The molecule has 0 aliphatic rings. The highest BCUT2D eigenvalue weighted by atomic mass is 19.1.